The van der Waals surface area contributed by atoms with Gasteiger partial charge in [-0.05, 0) is 18.9 Å². The summed E-state index contributed by atoms with van der Waals surface area (Å²) in [6, 6.07) is 9.74. The van der Waals surface area contributed by atoms with E-state index in [1.54, 1.807) is 0 Å². The first-order chi connectivity index (χ1) is 9.46. The van der Waals surface area contributed by atoms with Gasteiger partial charge >= 0.3 is 0 Å². The molecule has 0 spiro atoms. The van der Waals surface area contributed by atoms with Gasteiger partial charge in [-0.2, -0.15) is 0 Å². The zero-order valence-corrected chi connectivity index (χ0v) is 13.0. The van der Waals surface area contributed by atoms with Crippen molar-refractivity contribution >= 4 is 27.5 Å². The molecule has 1 heterocycles. The van der Waals surface area contributed by atoms with Crippen LogP contribution in [-0.2, 0) is 14.6 Å². The lowest BCUT2D eigenvalue weighted by atomic mass is 10.1. The maximum absolute atomic E-state index is 11.9. The van der Waals surface area contributed by atoms with Crippen LogP contribution in [0.3, 0.4) is 0 Å². The number of rotatable bonds is 5. The first-order valence-corrected chi connectivity index (χ1v) is 9.49. The van der Waals surface area contributed by atoms with E-state index < -0.39 is 9.84 Å². The van der Waals surface area contributed by atoms with Crippen LogP contribution in [0.1, 0.15) is 24.9 Å². The summed E-state index contributed by atoms with van der Waals surface area (Å²) in [5.41, 5.74) is 1.06. The summed E-state index contributed by atoms with van der Waals surface area (Å²) in [5.74, 6) is 0.735. The highest BCUT2D eigenvalue weighted by atomic mass is 32.2. The molecule has 0 bridgehead atoms. The normalized spacial score (nSPS) is 22.4. The van der Waals surface area contributed by atoms with Crippen molar-refractivity contribution in [2.45, 2.75) is 24.6 Å². The van der Waals surface area contributed by atoms with Gasteiger partial charge in [0.05, 0.1) is 23.3 Å². The molecule has 1 N–H and O–H groups in total. The minimum absolute atomic E-state index is 0.0309. The first kappa shape index (κ1) is 15.4. The monoisotopic (exact) mass is 313 g/mol. The van der Waals surface area contributed by atoms with E-state index in [4.69, 9.17) is 0 Å². The molecule has 0 aliphatic carbocycles. The summed E-state index contributed by atoms with van der Waals surface area (Å²) >= 11 is 1.44. The predicted octanol–water partition coefficient (Wildman–Crippen LogP) is 1.78. The Hall–Kier alpha value is -1.01. The van der Waals surface area contributed by atoms with E-state index in [1.807, 2.05) is 37.3 Å². The number of benzene rings is 1. The van der Waals surface area contributed by atoms with Crippen molar-refractivity contribution in [3.8, 4) is 0 Å². The van der Waals surface area contributed by atoms with Gasteiger partial charge in [0, 0.05) is 5.25 Å². The molecule has 110 valence electrons. The zero-order valence-electron chi connectivity index (χ0n) is 11.4. The van der Waals surface area contributed by atoms with E-state index in [0.717, 1.165) is 5.56 Å². The Morgan fingerprint density at radius 2 is 2.10 bits per heavy atom. The summed E-state index contributed by atoms with van der Waals surface area (Å²) in [5, 5.41) is 3.00. The van der Waals surface area contributed by atoms with E-state index in [1.165, 1.54) is 11.8 Å². The second kappa shape index (κ2) is 6.63. The molecule has 6 heteroatoms. The van der Waals surface area contributed by atoms with Crippen molar-refractivity contribution in [2.75, 3.05) is 17.3 Å². The largest absolute Gasteiger partial charge is 0.349 e. The fourth-order valence-corrected chi connectivity index (χ4v) is 5.65. The van der Waals surface area contributed by atoms with Crippen molar-refractivity contribution in [3.63, 3.8) is 0 Å². The Bertz CT molecular complexity index is 557. The van der Waals surface area contributed by atoms with Gasteiger partial charge in [0.15, 0.2) is 9.84 Å². The molecular formula is C14H19NO3S2. The molecule has 1 aromatic rings. The molecular weight excluding hydrogens is 294 g/mol. The zero-order chi connectivity index (χ0) is 14.6. The maximum atomic E-state index is 11.9. The molecule has 20 heavy (non-hydrogen) atoms. The van der Waals surface area contributed by atoms with Crippen molar-refractivity contribution in [2.24, 2.45) is 0 Å². The number of hydrogen-bond donors (Lipinski definition) is 1. The van der Waals surface area contributed by atoms with Crippen molar-refractivity contribution < 1.29 is 13.2 Å². The average Bonchev–Trinajstić information content (AvgIpc) is 2.77. The van der Waals surface area contributed by atoms with Crippen LogP contribution in [0.5, 0.6) is 0 Å². The molecule has 0 aromatic heterocycles. The number of amides is 1. The molecule has 0 unspecified atom stereocenters. The van der Waals surface area contributed by atoms with Crippen LogP contribution >= 0.6 is 11.8 Å². The number of carbonyl (C=O) groups is 1. The van der Waals surface area contributed by atoms with Crippen LogP contribution in [0, 0.1) is 0 Å². The number of carbonyl (C=O) groups excluding carboxylic acids is 1. The number of nitrogens with one attached hydrogen (secondary N) is 1. The van der Waals surface area contributed by atoms with Crippen molar-refractivity contribution in [1.29, 1.82) is 0 Å². The summed E-state index contributed by atoms with van der Waals surface area (Å²) in [6.07, 6.45) is 0.661. The summed E-state index contributed by atoms with van der Waals surface area (Å²) in [4.78, 5) is 11.9. The average molecular weight is 313 g/mol. The third-order valence-corrected chi connectivity index (χ3v) is 6.60. The van der Waals surface area contributed by atoms with Gasteiger partial charge in [0.1, 0.15) is 0 Å². The quantitative estimate of drug-likeness (QED) is 0.900. The Balaban J connectivity index is 1.76. The van der Waals surface area contributed by atoms with Crippen LogP contribution in [0.2, 0.25) is 0 Å². The lowest BCUT2D eigenvalue weighted by molar-refractivity contribution is -0.119. The van der Waals surface area contributed by atoms with Gasteiger partial charge in [-0.25, -0.2) is 8.42 Å². The summed E-state index contributed by atoms with van der Waals surface area (Å²) in [7, 11) is -2.86. The number of hydrogen-bond acceptors (Lipinski definition) is 4. The van der Waals surface area contributed by atoms with Gasteiger partial charge in [0.25, 0.3) is 0 Å². The highest BCUT2D eigenvalue weighted by Crippen LogP contribution is 2.24. The second-order valence-corrected chi connectivity index (χ2v) is 8.55. The van der Waals surface area contributed by atoms with Crippen LogP contribution in [0.25, 0.3) is 0 Å². The van der Waals surface area contributed by atoms with Gasteiger partial charge in [0.2, 0.25) is 5.91 Å². The summed E-state index contributed by atoms with van der Waals surface area (Å²) in [6.45, 7) is 1.94. The molecule has 2 rings (SSSR count). The minimum Gasteiger partial charge on any atom is -0.349 e. The SMILES string of the molecule is C[C@@H](NC(=O)CS[C@@H]1CCS(=O)(=O)C1)c1ccccc1. The highest BCUT2D eigenvalue weighted by Gasteiger charge is 2.28. The van der Waals surface area contributed by atoms with E-state index in [0.29, 0.717) is 12.2 Å². The molecule has 1 saturated heterocycles. The van der Waals surface area contributed by atoms with Gasteiger partial charge in [-0.3, -0.25) is 4.79 Å². The fraction of sp³-hybridized carbons (Fsp3) is 0.500. The van der Waals surface area contributed by atoms with Crippen LogP contribution < -0.4 is 5.32 Å². The van der Waals surface area contributed by atoms with Crippen LogP contribution in [-0.4, -0.2) is 36.8 Å². The Kier molecular flexibility index (Phi) is 5.10. The molecule has 1 aromatic carbocycles. The first-order valence-electron chi connectivity index (χ1n) is 6.62. The second-order valence-electron chi connectivity index (χ2n) is 5.04. The topological polar surface area (TPSA) is 63.2 Å². The maximum Gasteiger partial charge on any atom is 0.230 e. The van der Waals surface area contributed by atoms with Crippen LogP contribution in [0.4, 0.5) is 0 Å². The summed E-state index contributed by atoms with van der Waals surface area (Å²) < 4.78 is 22.7. The van der Waals surface area contributed by atoms with Crippen molar-refractivity contribution in [1.82, 2.24) is 5.32 Å². The lowest BCUT2D eigenvalue weighted by Gasteiger charge is -2.15. The van der Waals surface area contributed by atoms with Crippen molar-refractivity contribution in [3.05, 3.63) is 35.9 Å². The van der Waals surface area contributed by atoms with E-state index in [2.05, 4.69) is 5.32 Å². The third kappa shape index (κ3) is 4.52. The van der Waals surface area contributed by atoms with Gasteiger partial charge in [-0.1, -0.05) is 30.3 Å². The molecule has 1 amide bonds. The number of thioether (sulfide) groups is 1. The Morgan fingerprint density at radius 3 is 2.70 bits per heavy atom. The van der Waals surface area contributed by atoms with Gasteiger partial charge < -0.3 is 5.32 Å². The lowest BCUT2D eigenvalue weighted by Crippen LogP contribution is -2.29. The predicted molar refractivity (Wildman–Crippen MR) is 82.5 cm³/mol. The standard InChI is InChI=1S/C14H19NO3S2/c1-11(12-5-3-2-4-6-12)15-14(16)9-19-13-7-8-20(17,18)10-13/h2-6,11,13H,7-10H2,1H3,(H,15,16)/t11-,13-/m1/s1. The Labute approximate surface area is 124 Å². The van der Waals surface area contributed by atoms with Gasteiger partial charge in [-0.15, -0.1) is 11.8 Å². The fourth-order valence-electron chi connectivity index (χ4n) is 2.19. The molecule has 1 fully saturated rings. The molecule has 1 aliphatic rings. The number of sulfone groups is 1. The minimum atomic E-state index is -2.86. The van der Waals surface area contributed by atoms with Crippen LogP contribution in [0.15, 0.2) is 30.3 Å². The smallest absolute Gasteiger partial charge is 0.230 e. The Morgan fingerprint density at radius 1 is 1.40 bits per heavy atom. The van der Waals surface area contributed by atoms with E-state index in [-0.39, 0.29) is 28.7 Å². The molecule has 4 nitrogen and oxygen atoms in total. The van der Waals surface area contributed by atoms with E-state index >= 15 is 0 Å². The molecule has 0 radical (unpaired) electrons. The highest BCUT2D eigenvalue weighted by molar-refractivity contribution is 8.02. The molecule has 0 saturated carbocycles. The van der Waals surface area contributed by atoms with E-state index in [9.17, 15) is 13.2 Å². The third-order valence-electron chi connectivity index (χ3n) is 3.32. The molecule has 1 aliphatic heterocycles. The molecule has 2 atom stereocenters.